The lowest BCUT2D eigenvalue weighted by Gasteiger charge is -2.09. The number of halogens is 1. The fourth-order valence-corrected chi connectivity index (χ4v) is 3.22. The van der Waals surface area contributed by atoms with Gasteiger partial charge >= 0.3 is 0 Å². The van der Waals surface area contributed by atoms with Crippen molar-refractivity contribution < 1.29 is 8.95 Å². The van der Waals surface area contributed by atoms with Crippen LogP contribution in [0.25, 0.3) is 0 Å². The first kappa shape index (κ1) is 13.9. The molecule has 0 aliphatic rings. The molecule has 1 unspecified atom stereocenters. The van der Waals surface area contributed by atoms with Crippen LogP contribution in [0.3, 0.4) is 0 Å². The molecule has 0 fully saturated rings. The van der Waals surface area contributed by atoms with Gasteiger partial charge in [0.05, 0.1) is 28.6 Å². The molecule has 0 aliphatic carbocycles. The number of hydrogen-bond acceptors (Lipinski definition) is 3. The molecule has 5 heteroatoms. The van der Waals surface area contributed by atoms with Gasteiger partial charge in [0.25, 0.3) is 0 Å². The highest BCUT2D eigenvalue weighted by Gasteiger charge is 2.12. The molecule has 0 spiro atoms. The summed E-state index contributed by atoms with van der Waals surface area (Å²) in [7, 11) is 0.304. The Hall–Kier alpha value is -1.52. The number of benzene rings is 2. The van der Waals surface area contributed by atoms with Gasteiger partial charge in [-0.1, -0.05) is 29.8 Å². The third-order valence-corrected chi connectivity index (χ3v) is 4.50. The van der Waals surface area contributed by atoms with E-state index in [2.05, 4.69) is 0 Å². The summed E-state index contributed by atoms with van der Waals surface area (Å²) in [6.45, 7) is 0. The molecular formula is C14H14ClNO2S. The van der Waals surface area contributed by atoms with Crippen LogP contribution < -0.4 is 10.5 Å². The molecule has 1 atom stereocenters. The predicted molar refractivity (Wildman–Crippen MR) is 79.0 cm³/mol. The Bertz CT molecular complexity index is 616. The standard InChI is InChI=1S/C14H14ClNO2S/c1-18-11-6-7-13(16)14(8-11)19(17)9-10-4-2-3-5-12(10)15/h2-8H,9,16H2,1H3. The topological polar surface area (TPSA) is 52.3 Å². The van der Waals surface area contributed by atoms with Crippen molar-refractivity contribution in [2.75, 3.05) is 12.8 Å². The van der Waals surface area contributed by atoms with E-state index in [-0.39, 0.29) is 0 Å². The summed E-state index contributed by atoms with van der Waals surface area (Å²) < 4.78 is 17.5. The van der Waals surface area contributed by atoms with Gasteiger partial charge in [0.1, 0.15) is 5.75 Å². The maximum atomic E-state index is 12.4. The zero-order chi connectivity index (χ0) is 13.8. The monoisotopic (exact) mass is 295 g/mol. The van der Waals surface area contributed by atoms with Gasteiger partial charge in [-0.15, -0.1) is 0 Å². The molecule has 2 aromatic rings. The van der Waals surface area contributed by atoms with Crippen LogP contribution in [0.5, 0.6) is 5.75 Å². The average molecular weight is 296 g/mol. The number of methoxy groups -OCH3 is 1. The van der Waals surface area contributed by atoms with Crippen LogP contribution in [-0.4, -0.2) is 11.3 Å². The van der Waals surface area contributed by atoms with Gasteiger partial charge < -0.3 is 10.5 Å². The molecule has 0 saturated carbocycles. The number of nitrogens with two attached hydrogens (primary N) is 1. The third-order valence-electron chi connectivity index (χ3n) is 2.71. The molecule has 0 radical (unpaired) electrons. The highest BCUT2D eigenvalue weighted by Crippen LogP contribution is 2.26. The zero-order valence-corrected chi connectivity index (χ0v) is 12.0. The number of rotatable bonds is 4. The van der Waals surface area contributed by atoms with Gasteiger partial charge in [0, 0.05) is 10.7 Å². The van der Waals surface area contributed by atoms with Crippen LogP contribution in [0.15, 0.2) is 47.4 Å². The lowest BCUT2D eigenvalue weighted by atomic mass is 10.2. The van der Waals surface area contributed by atoms with Gasteiger partial charge in [-0.25, -0.2) is 0 Å². The first-order valence-electron chi connectivity index (χ1n) is 5.67. The molecule has 3 nitrogen and oxygen atoms in total. The van der Waals surface area contributed by atoms with Crippen LogP contribution in [0.2, 0.25) is 5.02 Å². The van der Waals surface area contributed by atoms with Crippen molar-refractivity contribution in [1.29, 1.82) is 0 Å². The van der Waals surface area contributed by atoms with E-state index in [1.165, 1.54) is 0 Å². The second kappa shape index (κ2) is 6.08. The van der Waals surface area contributed by atoms with Crippen molar-refractivity contribution in [3.05, 3.63) is 53.1 Å². The summed E-state index contributed by atoms with van der Waals surface area (Å²) in [6, 6.07) is 12.5. The van der Waals surface area contributed by atoms with E-state index >= 15 is 0 Å². The summed E-state index contributed by atoms with van der Waals surface area (Å²) in [6.07, 6.45) is 0. The van der Waals surface area contributed by atoms with Crippen LogP contribution in [0.4, 0.5) is 5.69 Å². The minimum absolute atomic E-state index is 0.330. The van der Waals surface area contributed by atoms with Gasteiger partial charge in [0.15, 0.2) is 0 Å². The van der Waals surface area contributed by atoms with Gasteiger partial charge in [-0.3, -0.25) is 4.21 Å². The fourth-order valence-electron chi connectivity index (χ4n) is 1.67. The maximum absolute atomic E-state index is 12.4. The second-order valence-corrected chi connectivity index (χ2v) is 5.81. The Morgan fingerprint density at radius 1 is 1.26 bits per heavy atom. The smallest absolute Gasteiger partial charge is 0.120 e. The summed E-state index contributed by atoms with van der Waals surface area (Å²) >= 11 is 6.06. The summed E-state index contributed by atoms with van der Waals surface area (Å²) in [5.74, 6) is 0.966. The minimum Gasteiger partial charge on any atom is -0.497 e. The maximum Gasteiger partial charge on any atom is 0.120 e. The Balaban J connectivity index is 2.28. The molecule has 0 heterocycles. The molecular weight excluding hydrogens is 282 g/mol. The molecule has 2 rings (SSSR count). The average Bonchev–Trinajstić information content (AvgIpc) is 2.42. The van der Waals surface area contributed by atoms with E-state index in [0.29, 0.717) is 27.1 Å². The lowest BCUT2D eigenvalue weighted by Crippen LogP contribution is -2.02. The van der Waals surface area contributed by atoms with Crippen molar-refractivity contribution in [3.8, 4) is 5.75 Å². The van der Waals surface area contributed by atoms with Crippen LogP contribution in [-0.2, 0) is 16.6 Å². The quantitative estimate of drug-likeness (QED) is 0.881. The molecule has 0 bridgehead atoms. The number of anilines is 1. The molecule has 100 valence electrons. The first-order valence-corrected chi connectivity index (χ1v) is 7.37. The lowest BCUT2D eigenvalue weighted by molar-refractivity contribution is 0.413. The Kier molecular flexibility index (Phi) is 4.45. The predicted octanol–water partition coefficient (Wildman–Crippen LogP) is 3.24. The minimum atomic E-state index is -1.26. The summed E-state index contributed by atoms with van der Waals surface area (Å²) in [5, 5.41) is 0.609. The SMILES string of the molecule is COc1ccc(N)c(S(=O)Cc2ccccc2Cl)c1. The molecule has 19 heavy (non-hydrogen) atoms. The van der Waals surface area contributed by atoms with E-state index in [4.69, 9.17) is 22.1 Å². The normalized spacial score (nSPS) is 12.1. The van der Waals surface area contributed by atoms with Crippen LogP contribution in [0.1, 0.15) is 5.56 Å². The van der Waals surface area contributed by atoms with E-state index in [9.17, 15) is 4.21 Å². The third kappa shape index (κ3) is 3.28. The molecule has 0 amide bonds. The van der Waals surface area contributed by atoms with Crippen LogP contribution in [0, 0.1) is 0 Å². The number of hydrogen-bond donors (Lipinski definition) is 1. The highest BCUT2D eigenvalue weighted by molar-refractivity contribution is 7.84. The molecule has 0 saturated heterocycles. The largest absolute Gasteiger partial charge is 0.497 e. The van der Waals surface area contributed by atoms with Gasteiger partial charge in [-0.2, -0.15) is 0 Å². The highest BCUT2D eigenvalue weighted by atomic mass is 35.5. The van der Waals surface area contributed by atoms with E-state index in [1.54, 1.807) is 31.4 Å². The van der Waals surface area contributed by atoms with Crippen molar-refractivity contribution >= 4 is 28.1 Å². The van der Waals surface area contributed by atoms with Crippen LogP contribution >= 0.6 is 11.6 Å². The molecule has 0 aromatic heterocycles. The van der Waals surface area contributed by atoms with Crippen molar-refractivity contribution in [2.45, 2.75) is 10.6 Å². The summed E-state index contributed by atoms with van der Waals surface area (Å²) in [5.41, 5.74) is 7.18. The summed E-state index contributed by atoms with van der Waals surface area (Å²) in [4.78, 5) is 0.569. The van der Waals surface area contributed by atoms with Crippen molar-refractivity contribution in [3.63, 3.8) is 0 Å². The number of ether oxygens (including phenoxy) is 1. The van der Waals surface area contributed by atoms with E-state index in [1.807, 2.05) is 18.2 Å². The fraction of sp³-hybridized carbons (Fsp3) is 0.143. The number of nitrogen functional groups attached to an aromatic ring is 1. The Morgan fingerprint density at radius 2 is 2.00 bits per heavy atom. The van der Waals surface area contributed by atoms with E-state index in [0.717, 1.165) is 5.56 Å². The second-order valence-electron chi connectivity index (χ2n) is 3.99. The Labute approximate surface area is 119 Å². The van der Waals surface area contributed by atoms with Crippen molar-refractivity contribution in [2.24, 2.45) is 0 Å². The van der Waals surface area contributed by atoms with E-state index < -0.39 is 10.8 Å². The zero-order valence-electron chi connectivity index (χ0n) is 10.4. The van der Waals surface area contributed by atoms with Gasteiger partial charge in [0.2, 0.25) is 0 Å². The molecule has 0 aliphatic heterocycles. The Morgan fingerprint density at radius 3 is 2.68 bits per heavy atom. The van der Waals surface area contributed by atoms with Gasteiger partial charge in [-0.05, 0) is 29.8 Å². The molecule has 2 aromatic carbocycles. The molecule has 2 N–H and O–H groups in total. The first-order chi connectivity index (χ1) is 9.11. The van der Waals surface area contributed by atoms with Crippen molar-refractivity contribution in [1.82, 2.24) is 0 Å².